The highest BCUT2D eigenvalue weighted by atomic mass is 16.5. The van der Waals surface area contributed by atoms with Crippen molar-refractivity contribution >= 4 is 22.9 Å². The number of guanidine groups is 1. The number of aromatic nitrogens is 2. The van der Waals surface area contributed by atoms with Crippen LogP contribution in [0.5, 0.6) is 5.75 Å². The molecule has 6 heteroatoms. The quantitative estimate of drug-likeness (QED) is 0.700. The lowest BCUT2D eigenvalue weighted by molar-refractivity contribution is 0.309. The highest BCUT2D eigenvalue weighted by Gasteiger charge is 2.24. The number of hydrogen-bond donors (Lipinski definition) is 2. The number of anilines is 1. The Morgan fingerprint density at radius 1 is 1.16 bits per heavy atom. The summed E-state index contributed by atoms with van der Waals surface area (Å²) >= 11 is 0. The van der Waals surface area contributed by atoms with Crippen molar-refractivity contribution in [1.29, 1.82) is 0 Å². The number of benzene rings is 2. The van der Waals surface area contributed by atoms with Crippen molar-refractivity contribution in [3.05, 3.63) is 54.1 Å². The molecule has 1 aliphatic heterocycles. The number of fused-ring (bicyclic) bond motifs is 3. The van der Waals surface area contributed by atoms with E-state index in [-0.39, 0.29) is 6.17 Å². The molecule has 0 saturated heterocycles. The highest BCUT2D eigenvalue weighted by molar-refractivity contribution is 5.94. The molecule has 1 aliphatic rings. The van der Waals surface area contributed by atoms with E-state index >= 15 is 0 Å². The van der Waals surface area contributed by atoms with Crippen LogP contribution < -0.4 is 15.8 Å². The number of rotatable bonds is 5. The summed E-state index contributed by atoms with van der Waals surface area (Å²) in [6, 6.07) is 16.0. The topological polar surface area (TPSA) is 77.5 Å². The Morgan fingerprint density at radius 2 is 1.96 bits per heavy atom. The molecule has 2 heterocycles. The summed E-state index contributed by atoms with van der Waals surface area (Å²) in [4.78, 5) is 9.20. The van der Waals surface area contributed by atoms with Gasteiger partial charge >= 0.3 is 0 Å². The van der Waals surface area contributed by atoms with E-state index in [0.29, 0.717) is 11.9 Å². The van der Waals surface area contributed by atoms with Crippen molar-refractivity contribution in [2.45, 2.75) is 25.9 Å². The van der Waals surface area contributed by atoms with Gasteiger partial charge in [0.1, 0.15) is 5.75 Å². The molecule has 0 unspecified atom stereocenters. The summed E-state index contributed by atoms with van der Waals surface area (Å²) in [5.41, 5.74) is 8.95. The van der Waals surface area contributed by atoms with Gasteiger partial charge in [-0.3, -0.25) is 9.88 Å². The Bertz CT molecular complexity index is 913. The number of hydrogen-bond acceptors (Lipinski definition) is 5. The van der Waals surface area contributed by atoms with E-state index in [1.165, 1.54) is 0 Å². The zero-order chi connectivity index (χ0) is 17.2. The zero-order valence-corrected chi connectivity index (χ0v) is 14.1. The minimum absolute atomic E-state index is 0.242. The van der Waals surface area contributed by atoms with Crippen molar-refractivity contribution in [3.8, 4) is 5.75 Å². The molecule has 6 nitrogen and oxygen atoms in total. The van der Waals surface area contributed by atoms with Crippen LogP contribution in [0, 0.1) is 0 Å². The molecule has 0 amide bonds. The molecule has 0 spiro atoms. The molecule has 128 valence electrons. The van der Waals surface area contributed by atoms with Crippen LogP contribution >= 0.6 is 0 Å². The monoisotopic (exact) mass is 335 g/mol. The minimum atomic E-state index is -0.242. The van der Waals surface area contributed by atoms with E-state index in [4.69, 9.17) is 10.5 Å². The lowest BCUT2D eigenvalue weighted by atomic mass is 10.1. The summed E-state index contributed by atoms with van der Waals surface area (Å²) in [5, 5.41) is 3.05. The van der Waals surface area contributed by atoms with Crippen molar-refractivity contribution in [2.75, 3.05) is 11.9 Å². The van der Waals surface area contributed by atoms with Crippen molar-refractivity contribution < 1.29 is 4.74 Å². The second kappa shape index (κ2) is 6.47. The van der Waals surface area contributed by atoms with Gasteiger partial charge in [0, 0.05) is 0 Å². The molecule has 3 aromatic rings. The molecule has 0 radical (unpaired) electrons. The summed E-state index contributed by atoms with van der Waals surface area (Å²) in [7, 11) is 0. The summed E-state index contributed by atoms with van der Waals surface area (Å²) in [5.74, 6) is 1.96. The minimum Gasteiger partial charge on any atom is -0.494 e. The molecule has 1 aromatic heterocycles. The Labute approximate surface area is 146 Å². The number of nitrogens with two attached hydrogens (primary N) is 1. The Morgan fingerprint density at radius 3 is 2.76 bits per heavy atom. The molecule has 0 fully saturated rings. The molecule has 0 bridgehead atoms. The lowest BCUT2D eigenvalue weighted by Crippen LogP contribution is -2.31. The number of ether oxygens (including phenoxy) is 1. The van der Waals surface area contributed by atoms with Gasteiger partial charge in [0.25, 0.3) is 0 Å². The standard InChI is InChI=1S/C19H21N5O/c1-2-3-12-25-14-10-8-13(9-11-14)17-22-18(20)23-19-21-15-6-4-5-7-16(15)24(17)19/h4-11,17H,2-3,12H2,1H3,(H3,20,21,22,23)/t17-/m1/s1. The maximum absolute atomic E-state index is 5.97. The number of nitrogens with one attached hydrogen (secondary N) is 1. The molecule has 2 aromatic carbocycles. The van der Waals surface area contributed by atoms with Gasteiger partial charge in [-0.1, -0.05) is 37.6 Å². The second-order valence-electron chi connectivity index (χ2n) is 6.08. The Balaban J connectivity index is 1.69. The van der Waals surface area contributed by atoms with Crippen LogP contribution in [0.4, 0.5) is 5.95 Å². The smallest absolute Gasteiger partial charge is 0.212 e. The maximum atomic E-state index is 5.97. The molecule has 4 rings (SSSR count). The number of nitrogens with zero attached hydrogens (tertiary/aromatic N) is 3. The van der Waals surface area contributed by atoms with E-state index in [1.807, 2.05) is 48.5 Å². The first-order valence-electron chi connectivity index (χ1n) is 8.56. The largest absolute Gasteiger partial charge is 0.494 e. The fourth-order valence-corrected chi connectivity index (χ4v) is 3.01. The van der Waals surface area contributed by atoms with E-state index in [1.54, 1.807) is 0 Å². The summed E-state index contributed by atoms with van der Waals surface area (Å²) in [6.07, 6.45) is 1.94. The van der Waals surface area contributed by atoms with Crippen LogP contribution in [0.25, 0.3) is 11.0 Å². The van der Waals surface area contributed by atoms with E-state index < -0.39 is 0 Å². The van der Waals surface area contributed by atoms with Gasteiger partial charge in [-0.05, 0) is 36.2 Å². The van der Waals surface area contributed by atoms with Crippen LogP contribution in [-0.2, 0) is 0 Å². The normalized spacial score (nSPS) is 16.2. The predicted molar refractivity (Wildman–Crippen MR) is 100.0 cm³/mol. The molecule has 0 saturated carbocycles. The van der Waals surface area contributed by atoms with Gasteiger partial charge in [-0.2, -0.15) is 0 Å². The SMILES string of the molecule is CCCCOc1ccc([C@@H]2N=C(N)Nc3nc4ccccc4n32)cc1. The third kappa shape index (κ3) is 2.91. The zero-order valence-electron chi connectivity index (χ0n) is 14.1. The van der Waals surface area contributed by atoms with Crippen molar-refractivity contribution in [3.63, 3.8) is 0 Å². The van der Waals surface area contributed by atoms with Gasteiger partial charge in [0.05, 0.1) is 17.6 Å². The molecular formula is C19H21N5O. The number of imidazole rings is 1. The summed E-state index contributed by atoms with van der Waals surface area (Å²) in [6.45, 7) is 2.89. The van der Waals surface area contributed by atoms with Crippen LogP contribution in [0.3, 0.4) is 0 Å². The van der Waals surface area contributed by atoms with Crippen molar-refractivity contribution in [2.24, 2.45) is 10.7 Å². The molecule has 25 heavy (non-hydrogen) atoms. The van der Waals surface area contributed by atoms with Gasteiger partial charge in [0.15, 0.2) is 12.1 Å². The highest BCUT2D eigenvalue weighted by Crippen LogP contribution is 2.32. The number of para-hydroxylation sites is 2. The first kappa shape index (κ1) is 15.5. The van der Waals surface area contributed by atoms with Crippen molar-refractivity contribution in [1.82, 2.24) is 9.55 Å². The van der Waals surface area contributed by atoms with Crippen LogP contribution in [0.15, 0.2) is 53.5 Å². The summed E-state index contributed by atoms with van der Waals surface area (Å²) < 4.78 is 7.81. The van der Waals surface area contributed by atoms with Gasteiger partial charge < -0.3 is 10.5 Å². The Kier molecular flexibility index (Phi) is 4.01. The average Bonchev–Trinajstić information content (AvgIpc) is 3.00. The molecule has 1 atom stereocenters. The first-order valence-corrected chi connectivity index (χ1v) is 8.56. The molecule has 0 aliphatic carbocycles. The van der Waals surface area contributed by atoms with Crippen LogP contribution in [-0.4, -0.2) is 22.1 Å². The fraction of sp³-hybridized carbons (Fsp3) is 0.263. The maximum Gasteiger partial charge on any atom is 0.212 e. The molecule has 3 N–H and O–H groups in total. The van der Waals surface area contributed by atoms with E-state index in [9.17, 15) is 0 Å². The average molecular weight is 335 g/mol. The number of unbranched alkanes of at least 4 members (excludes halogenated alkanes) is 1. The van der Waals surface area contributed by atoms with Crippen LogP contribution in [0.1, 0.15) is 31.5 Å². The number of aliphatic imine (C=N–C) groups is 1. The van der Waals surface area contributed by atoms with Gasteiger partial charge in [-0.15, -0.1) is 0 Å². The third-order valence-corrected chi connectivity index (χ3v) is 4.29. The van der Waals surface area contributed by atoms with Gasteiger partial charge in [-0.25, -0.2) is 9.98 Å². The van der Waals surface area contributed by atoms with E-state index in [0.717, 1.165) is 41.8 Å². The molecular weight excluding hydrogens is 314 g/mol. The Hall–Kier alpha value is -3.02. The lowest BCUT2D eigenvalue weighted by Gasteiger charge is -2.24. The van der Waals surface area contributed by atoms with E-state index in [2.05, 4.69) is 26.8 Å². The first-order chi connectivity index (χ1) is 12.3. The van der Waals surface area contributed by atoms with Gasteiger partial charge in [0.2, 0.25) is 5.95 Å². The third-order valence-electron chi connectivity index (χ3n) is 4.29. The second-order valence-corrected chi connectivity index (χ2v) is 6.08. The predicted octanol–water partition coefficient (Wildman–Crippen LogP) is 3.50. The van der Waals surface area contributed by atoms with Crippen LogP contribution in [0.2, 0.25) is 0 Å². The fourth-order valence-electron chi connectivity index (χ4n) is 3.01.